The van der Waals surface area contributed by atoms with E-state index in [1.807, 2.05) is 6.07 Å². The van der Waals surface area contributed by atoms with Crippen LogP contribution in [0.2, 0.25) is 0 Å². The Morgan fingerprint density at radius 3 is 2.57 bits per heavy atom. The van der Waals surface area contributed by atoms with Crippen molar-refractivity contribution < 1.29 is 4.39 Å². The number of halogens is 2. The van der Waals surface area contributed by atoms with Crippen LogP contribution in [0.4, 0.5) is 4.39 Å². The van der Waals surface area contributed by atoms with Crippen LogP contribution in [-0.2, 0) is 0 Å². The summed E-state index contributed by atoms with van der Waals surface area (Å²) in [4.78, 5) is 2.30. The smallest absolute Gasteiger partial charge is 0.128 e. The first-order chi connectivity index (χ1) is 10.0. The van der Waals surface area contributed by atoms with Gasteiger partial charge in [0.1, 0.15) is 5.82 Å². The van der Waals surface area contributed by atoms with E-state index in [0.717, 1.165) is 35.8 Å². The molecule has 4 heteroatoms. The first-order valence-electron chi connectivity index (χ1n) is 7.87. The molecule has 118 valence electrons. The van der Waals surface area contributed by atoms with E-state index < -0.39 is 0 Å². The number of benzene rings is 1. The van der Waals surface area contributed by atoms with Crippen molar-refractivity contribution >= 4 is 15.9 Å². The van der Waals surface area contributed by atoms with Gasteiger partial charge in [-0.3, -0.25) is 0 Å². The second-order valence-corrected chi connectivity index (χ2v) is 7.17. The molecule has 1 saturated carbocycles. The summed E-state index contributed by atoms with van der Waals surface area (Å²) in [5.41, 5.74) is 0.796. The van der Waals surface area contributed by atoms with Gasteiger partial charge in [-0.05, 0) is 58.1 Å². The van der Waals surface area contributed by atoms with Gasteiger partial charge in [-0.2, -0.15) is 0 Å². The lowest BCUT2D eigenvalue weighted by Crippen LogP contribution is -2.52. The second-order valence-electron chi connectivity index (χ2n) is 6.26. The van der Waals surface area contributed by atoms with Crippen molar-refractivity contribution in [1.29, 1.82) is 0 Å². The minimum absolute atomic E-state index is 0.0107. The third kappa shape index (κ3) is 3.49. The van der Waals surface area contributed by atoms with Crippen molar-refractivity contribution in [2.24, 2.45) is 0 Å². The van der Waals surface area contributed by atoms with Gasteiger partial charge in [0, 0.05) is 15.6 Å². The van der Waals surface area contributed by atoms with E-state index in [1.165, 1.54) is 12.8 Å². The molecule has 0 radical (unpaired) electrons. The zero-order chi connectivity index (χ0) is 15.5. The van der Waals surface area contributed by atoms with Crippen LogP contribution in [0.3, 0.4) is 0 Å². The van der Waals surface area contributed by atoms with Crippen molar-refractivity contribution in [2.75, 3.05) is 20.6 Å². The van der Waals surface area contributed by atoms with E-state index in [0.29, 0.717) is 0 Å². The normalized spacial score (nSPS) is 19.1. The number of hydrogen-bond donors (Lipinski definition) is 1. The van der Waals surface area contributed by atoms with Crippen molar-refractivity contribution in [3.63, 3.8) is 0 Å². The van der Waals surface area contributed by atoms with Gasteiger partial charge in [-0.25, -0.2) is 4.39 Å². The van der Waals surface area contributed by atoms with Crippen LogP contribution in [0.1, 0.15) is 50.6 Å². The van der Waals surface area contributed by atoms with Crippen LogP contribution >= 0.6 is 15.9 Å². The molecule has 1 atom stereocenters. The van der Waals surface area contributed by atoms with Gasteiger partial charge in [-0.15, -0.1) is 0 Å². The van der Waals surface area contributed by atoms with Crippen LogP contribution in [0.15, 0.2) is 22.7 Å². The minimum atomic E-state index is -0.111. The lowest BCUT2D eigenvalue weighted by atomic mass is 9.82. The lowest BCUT2D eigenvalue weighted by Gasteiger charge is -2.44. The molecule has 0 aromatic heterocycles. The Bertz CT molecular complexity index is 470. The molecule has 0 heterocycles. The van der Waals surface area contributed by atoms with Crippen LogP contribution in [-0.4, -0.2) is 31.1 Å². The van der Waals surface area contributed by atoms with Gasteiger partial charge < -0.3 is 10.2 Å². The molecule has 0 amide bonds. The zero-order valence-electron chi connectivity index (χ0n) is 13.3. The molecule has 1 unspecified atom stereocenters. The Labute approximate surface area is 136 Å². The van der Waals surface area contributed by atoms with Gasteiger partial charge in [0.25, 0.3) is 0 Å². The molecule has 2 nitrogen and oxygen atoms in total. The third-order valence-corrected chi connectivity index (χ3v) is 5.26. The number of likely N-dealkylation sites (N-methyl/N-ethyl adjacent to an activating group) is 1. The monoisotopic (exact) mass is 356 g/mol. The lowest BCUT2D eigenvalue weighted by molar-refractivity contribution is 0.103. The Kier molecular flexibility index (Phi) is 5.81. The molecule has 0 aliphatic heterocycles. The summed E-state index contributed by atoms with van der Waals surface area (Å²) in [7, 11) is 4.25. The van der Waals surface area contributed by atoms with Crippen molar-refractivity contribution in [3.8, 4) is 0 Å². The first kappa shape index (κ1) is 16.9. The van der Waals surface area contributed by atoms with E-state index in [-0.39, 0.29) is 17.4 Å². The number of rotatable bonds is 6. The van der Waals surface area contributed by atoms with Gasteiger partial charge in [-0.1, -0.05) is 35.7 Å². The third-order valence-electron chi connectivity index (χ3n) is 4.76. The quantitative estimate of drug-likeness (QED) is 0.806. The molecule has 1 aromatic carbocycles. The molecule has 1 N–H and O–H groups in total. The van der Waals surface area contributed by atoms with Gasteiger partial charge in [0.05, 0.1) is 6.04 Å². The van der Waals surface area contributed by atoms with Gasteiger partial charge in [0.2, 0.25) is 0 Å². The van der Waals surface area contributed by atoms with Crippen LogP contribution < -0.4 is 5.32 Å². The highest BCUT2D eigenvalue weighted by atomic mass is 79.9. The van der Waals surface area contributed by atoms with E-state index in [9.17, 15) is 4.39 Å². The molecule has 2 rings (SSSR count). The molecule has 1 aromatic rings. The SMILES string of the molecule is CCCNC(c1cc(Br)ccc1F)C1(N(C)C)CCCC1. The highest BCUT2D eigenvalue weighted by Gasteiger charge is 2.44. The molecule has 0 saturated heterocycles. The average Bonchev–Trinajstić information content (AvgIpc) is 2.93. The van der Waals surface area contributed by atoms with Crippen LogP contribution in [0, 0.1) is 5.82 Å². The summed E-state index contributed by atoms with van der Waals surface area (Å²) in [5, 5.41) is 3.62. The summed E-state index contributed by atoms with van der Waals surface area (Å²) in [6.45, 7) is 3.06. The second kappa shape index (κ2) is 7.21. The predicted octanol–water partition coefficient (Wildman–Crippen LogP) is 4.50. The largest absolute Gasteiger partial charge is 0.308 e. The van der Waals surface area contributed by atoms with E-state index in [2.05, 4.69) is 47.2 Å². The van der Waals surface area contributed by atoms with Crippen LogP contribution in [0.5, 0.6) is 0 Å². The Morgan fingerprint density at radius 1 is 1.33 bits per heavy atom. The Balaban J connectivity index is 2.44. The maximum atomic E-state index is 14.5. The molecule has 0 bridgehead atoms. The van der Waals surface area contributed by atoms with E-state index in [4.69, 9.17) is 0 Å². The fourth-order valence-corrected chi connectivity index (χ4v) is 3.97. The van der Waals surface area contributed by atoms with Crippen molar-refractivity contribution in [2.45, 2.75) is 50.6 Å². The van der Waals surface area contributed by atoms with E-state index in [1.54, 1.807) is 12.1 Å². The molecular weight excluding hydrogens is 331 g/mol. The van der Waals surface area contributed by atoms with Crippen LogP contribution in [0.25, 0.3) is 0 Å². The summed E-state index contributed by atoms with van der Waals surface area (Å²) in [5.74, 6) is -0.111. The molecule has 1 aliphatic rings. The number of nitrogens with zero attached hydrogens (tertiary/aromatic N) is 1. The number of hydrogen-bond acceptors (Lipinski definition) is 2. The first-order valence-corrected chi connectivity index (χ1v) is 8.66. The molecule has 1 fully saturated rings. The fraction of sp³-hybridized carbons (Fsp3) is 0.647. The minimum Gasteiger partial charge on any atom is -0.308 e. The van der Waals surface area contributed by atoms with Crippen molar-refractivity contribution in [3.05, 3.63) is 34.1 Å². The maximum Gasteiger partial charge on any atom is 0.128 e. The molecule has 1 aliphatic carbocycles. The topological polar surface area (TPSA) is 15.3 Å². The summed E-state index contributed by atoms with van der Waals surface area (Å²) in [6, 6.07) is 5.31. The molecular formula is C17H26BrFN2. The highest BCUT2D eigenvalue weighted by Crippen LogP contribution is 2.44. The number of nitrogens with one attached hydrogen (secondary N) is 1. The van der Waals surface area contributed by atoms with Gasteiger partial charge in [0.15, 0.2) is 0 Å². The summed E-state index contributed by atoms with van der Waals surface area (Å²) >= 11 is 3.49. The van der Waals surface area contributed by atoms with Crippen molar-refractivity contribution in [1.82, 2.24) is 10.2 Å². The maximum absolute atomic E-state index is 14.5. The molecule has 21 heavy (non-hydrogen) atoms. The van der Waals surface area contributed by atoms with E-state index >= 15 is 0 Å². The van der Waals surface area contributed by atoms with Gasteiger partial charge >= 0.3 is 0 Å². The summed E-state index contributed by atoms with van der Waals surface area (Å²) < 4.78 is 15.4. The standard InChI is InChI=1S/C17H26BrFN2/c1-4-11-20-16(14-12-13(18)7-8-15(14)19)17(21(2)3)9-5-6-10-17/h7-8,12,16,20H,4-6,9-11H2,1-3H3. The molecule has 0 spiro atoms. The highest BCUT2D eigenvalue weighted by molar-refractivity contribution is 9.10. The zero-order valence-corrected chi connectivity index (χ0v) is 14.8. The average molecular weight is 357 g/mol. The Hall–Kier alpha value is -0.450. The predicted molar refractivity (Wildman–Crippen MR) is 90.0 cm³/mol. The summed E-state index contributed by atoms with van der Waals surface area (Å²) in [6.07, 6.45) is 5.73. The Morgan fingerprint density at radius 2 is 2.00 bits per heavy atom. The fourth-order valence-electron chi connectivity index (χ4n) is 3.60.